The van der Waals surface area contributed by atoms with Crippen LogP contribution in [0.3, 0.4) is 0 Å². The molecule has 1 fully saturated rings. The Morgan fingerprint density at radius 3 is 2.69 bits per heavy atom. The molecule has 6 nitrogen and oxygen atoms in total. The van der Waals surface area contributed by atoms with Gasteiger partial charge in [0.2, 0.25) is 0 Å². The second kappa shape index (κ2) is 6.97. The van der Waals surface area contributed by atoms with Crippen LogP contribution in [0.5, 0.6) is 0 Å². The van der Waals surface area contributed by atoms with Gasteiger partial charge >= 0.3 is 5.97 Å². The molecule has 7 heteroatoms. The molecular weight excluding hydrogens is 352 g/mol. The largest absolute Gasteiger partial charge is 0.480 e. The minimum atomic E-state index is -0.841. The Bertz CT molecular complexity index is 920. The van der Waals surface area contributed by atoms with Crippen LogP contribution in [0.4, 0.5) is 5.82 Å². The molecule has 1 atom stereocenters. The van der Waals surface area contributed by atoms with E-state index in [1.54, 1.807) is 18.5 Å². The van der Waals surface area contributed by atoms with E-state index in [4.69, 9.17) is 11.6 Å². The van der Waals surface area contributed by atoms with Gasteiger partial charge in [0.05, 0.1) is 0 Å². The monoisotopic (exact) mass is 370 g/mol. The van der Waals surface area contributed by atoms with Crippen molar-refractivity contribution in [2.75, 3.05) is 31.1 Å². The van der Waals surface area contributed by atoms with E-state index in [1.165, 1.54) is 0 Å². The number of rotatable bonds is 4. The van der Waals surface area contributed by atoms with Gasteiger partial charge in [-0.1, -0.05) is 23.7 Å². The Hall–Kier alpha value is -2.57. The quantitative estimate of drug-likeness (QED) is 0.738. The van der Waals surface area contributed by atoms with Gasteiger partial charge < -0.3 is 15.0 Å². The zero-order valence-corrected chi connectivity index (χ0v) is 14.9. The van der Waals surface area contributed by atoms with Crippen molar-refractivity contribution in [2.24, 2.45) is 0 Å². The van der Waals surface area contributed by atoms with Gasteiger partial charge in [-0.2, -0.15) is 0 Å². The van der Waals surface area contributed by atoms with Gasteiger partial charge in [-0.15, -0.1) is 0 Å². The molecule has 0 unspecified atom stereocenters. The van der Waals surface area contributed by atoms with Crippen LogP contribution in [0.15, 0.2) is 48.8 Å². The highest BCUT2D eigenvalue weighted by atomic mass is 35.5. The van der Waals surface area contributed by atoms with Crippen molar-refractivity contribution in [1.82, 2.24) is 14.9 Å². The third-order valence-corrected chi connectivity index (χ3v) is 5.09. The molecule has 3 aromatic rings. The number of fused-ring (bicyclic) bond motifs is 1. The molecule has 4 rings (SSSR count). The maximum Gasteiger partial charge on any atom is 0.325 e. The fourth-order valence-corrected chi connectivity index (χ4v) is 3.76. The molecule has 2 N–H and O–H groups in total. The first-order chi connectivity index (χ1) is 12.6. The van der Waals surface area contributed by atoms with Crippen LogP contribution < -0.4 is 4.90 Å². The maximum atomic E-state index is 12.1. The SMILES string of the molecule is O=C(O)[C@H](c1c[nH]c2cc(Cl)ccc12)N1CCN(c2ccccn2)CC1. The van der Waals surface area contributed by atoms with E-state index in [2.05, 4.69) is 14.9 Å². The van der Waals surface area contributed by atoms with Gasteiger partial charge in [-0.3, -0.25) is 9.69 Å². The minimum absolute atomic E-state index is 0.627. The van der Waals surface area contributed by atoms with Crippen molar-refractivity contribution >= 4 is 34.3 Å². The topological polar surface area (TPSA) is 72.5 Å². The van der Waals surface area contributed by atoms with E-state index in [9.17, 15) is 9.90 Å². The normalized spacial score (nSPS) is 16.7. The summed E-state index contributed by atoms with van der Waals surface area (Å²) in [7, 11) is 0. The summed E-state index contributed by atoms with van der Waals surface area (Å²) in [5, 5.41) is 11.4. The number of aromatic amines is 1. The van der Waals surface area contributed by atoms with E-state index >= 15 is 0 Å². The summed E-state index contributed by atoms with van der Waals surface area (Å²) < 4.78 is 0. The van der Waals surface area contributed by atoms with Crippen LogP contribution in [0.2, 0.25) is 5.02 Å². The lowest BCUT2D eigenvalue weighted by Crippen LogP contribution is -2.49. The minimum Gasteiger partial charge on any atom is -0.480 e. The van der Waals surface area contributed by atoms with E-state index in [0.29, 0.717) is 18.1 Å². The summed E-state index contributed by atoms with van der Waals surface area (Å²) in [5.41, 5.74) is 1.63. The van der Waals surface area contributed by atoms with Crippen LogP contribution in [0.1, 0.15) is 11.6 Å². The Morgan fingerprint density at radius 1 is 1.19 bits per heavy atom. The van der Waals surface area contributed by atoms with Crippen LogP contribution in [-0.4, -0.2) is 52.1 Å². The van der Waals surface area contributed by atoms with Crippen molar-refractivity contribution in [3.8, 4) is 0 Å². The molecule has 2 aromatic heterocycles. The van der Waals surface area contributed by atoms with E-state index in [-0.39, 0.29) is 0 Å². The molecule has 0 bridgehead atoms. The van der Waals surface area contributed by atoms with Crippen molar-refractivity contribution in [3.63, 3.8) is 0 Å². The number of nitrogens with zero attached hydrogens (tertiary/aromatic N) is 3. The molecule has 0 radical (unpaired) electrons. The fraction of sp³-hybridized carbons (Fsp3) is 0.263. The number of H-pyrrole nitrogens is 1. The second-order valence-corrected chi connectivity index (χ2v) is 6.82. The van der Waals surface area contributed by atoms with E-state index < -0.39 is 12.0 Å². The molecule has 3 heterocycles. The number of carbonyl (C=O) groups is 1. The number of anilines is 1. The smallest absolute Gasteiger partial charge is 0.325 e. The number of aliphatic carboxylic acids is 1. The fourth-order valence-electron chi connectivity index (χ4n) is 3.58. The van der Waals surface area contributed by atoms with Gasteiger partial charge in [0.25, 0.3) is 0 Å². The van der Waals surface area contributed by atoms with Crippen LogP contribution >= 0.6 is 11.6 Å². The number of carboxylic acid groups (broad SMARTS) is 1. The number of hydrogen-bond acceptors (Lipinski definition) is 4. The zero-order chi connectivity index (χ0) is 18.1. The lowest BCUT2D eigenvalue weighted by Gasteiger charge is -2.38. The summed E-state index contributed by atoms with van der Waals surface area (Å²) in [6.07, 6.45) is 3.56. The summed E-state index contributed by atoms with van der Waals surface area (Å²) in [4.78, 5) is 23.8. The van der Waals surface area contributed by atoms with Crippen LogP contribution in [-0.2, 0) is 4.79 Å². The molecule has 0 saturated carbocycles. The number of halogens is 1. The summed E-state index contributed by atoms with van der Waals surface area (Å²) in [5.74, 6) is 0.0906. The average molecular weight is 371 g/mol. The zero-order valence-electron chi connectivity index (χ0n) is 14.1. The predicted molar refractivity (Wildman–Crippen MR) is 102 cm³/mol. The number of piperazine rings is 1. The van der Waals surface area contributed by atoms with Crippen molar-refractivity contribution in [3.05, 3.63) is 59.4 Å². The van der Waals surface area contributed by atoms with Gasteiger partial charge in [0.15, 0.2) is 0 Å². The number of nitrogens with one attached hydrogen (secondary N) is 1. The van der Waals surface area contributed by atoms with Crippen molar-refractivity contribution in [2.45, 2.75) is 6.04 Å². The first-order valence-electron chi connectivity index (χ1n) is 8.53. The Labute approximate surface area is 156 Å². The van der Waals surface area contributed by atoms with Crippen LogP contribution in [0.25, 0.3) is 10.9 Å². The number of carboxylic acids is 1. The van der Waals surface area contributed by atoms with Gasteiger partial charge in [0.1, 0.15) is 11.9 Å². The van der Waals surface area contributed by atoms with E-state index in [0.717, 1.165) is 35.4 Å². The third kappa shape index (κ3) is 3.13. The first kappa shape index (κ1) is 16.9. The molecule has 1 aromatic carbocycles. The number of benzene rings is 1. The lowest BCUT2D eigenvalue weighted by atomic mass is 10.0. The third-order valence-electron chi connectivity index (χ3n) is 4.86. The first-order valence-corrected chi connectivity index (χ1v) is 8.90. The number of aromatic nitrogens is 2. The molecule has 0 amide bonds. The van der Waals surface area contributed by atoms with Crippen molar-refractivity contribution < 1.29 is 9.90 Å². The predicted octanol–water partition coefficient (Wildman–Crippen LogP) is 3.16. The maximum absolute atomic E-state index is 12.1. The average Bonchev–Trinajstić information content (AvgIpc) is 3.05. The second-order valence-electron chi connectivity index (χ2n) is 6.39. The number of pyridine rings is 1. The van der Waals surface area contributed by atoms with Gasteiger partial charge in [-0.05, 0) is 24.3 Å². The summed E-state index contributed by atoms with van der Waals surface area (Å²) >= 11 is 6.03. The molecule has 1 aliphatic rings. The lowest BCUT2D eigenvalue weighted by molar-refractivity contribution is -0.143. The molecule has 0 aliphatic carbocycles. The highest BCUT2D eigenvalue weighted by Crippen LogP contribution is 2.31. The van der Waals surface area contributed by atoms with Gasteiger partial charge in [-0.25, -0.2) is 4.98 Å². The summed E-state index contributed by atoms with van der Waals surface area (Å²) in [6, 6.07) is 10.6. The van der Waals surface area contributed by atoms with Gasteiger partial charge in [0, 0.05) is 60.1 Å². The van der Waals surface area contributed by atoms with Crippen LogP contribution in [0, 0.1) is 0 Å². The Morgan fingerprint density at radius 2 is 2.00 bits per heavy atom. The molecule has 26 heavy (non-hydrogen) atoms. The molecule has 1 aliphatic heterocycles. The molecule has 1 saturated heterocycles. The standard InChI is InChI=1S/C19H19ClN4O2/c20-13-4-5-14-15(12-22-16(14)11-13)18(19(25)26)24-9-7-23(8-10-24)17-3-1-2-6-21-17/h1-6,11-12,18,22H,7-10H2,(H,25,26)/t18-/m0/s1. The van der Waals surface area contributed by atoms with Crippen molar-refractivity contribution in [1.29, 1.82) is 0 Å². The highest BCUT2D eigenvalue weighted by molar-refractivity contribution is 6.31. The number of hydrogen-bond donors (Lipinski definition) is 2. The highest BCUT2D eigenvalue weighted by Gasteiger charge is 2.32. The summed E-state index contributed by atoms with van der Waals surface area (Å²) in [6.45, 7) is 2.81. The molecular formula is C19H19ClN4O2. The Balaban J connectivity index is 1.57. The Kier molecular flexibility index (Phi) is 4.53. The van der Waals surface area contributed by atoms with E-state index in [1.807, 2.05) is 35.2 Å². The molecule has 0 spiro atoms. The molecule has 134 valence electrons.